The van der Waals surface area contributed by atoms with Crippen molar-refractivity contribution >= 4 is 12.0 Å². The zero-order chi connectivity index (χ0) is 12.8. The first kappa shape index (κ1) is 7.88. The molecule has 0 radical (unpaired) electrons. The number of hydrogen-bond donors (Lipinski definition) is 3. The number of phenols is 2. The molecule has 0 unspecified atom stereocenters. The molecule has 1 rings (SSSR count). The second-order valence-electron chi connectivity index (χ2n) is 2.74. The quantitative estimate of drug-likeness (QED) is 0.378. The van der Waals surface area contributed by atoms with Gasteiger partial charge in [-0.3, -0.25) is 4.79 Å². The number of benzene rings is 1. The fraction of sp³-hybridized carbons (Fsp3) is 0. The SMILES string of the molecule is [2H]Oc1ccc(C=C(C#N)C(N)=O)cc1O[2H]. The van der Waals surface area contributed by atoms with E-state index < -0.39 is 5.91 Å². The van der Waals surface area contributed by atoms with E-state index in [4.69, 9.17) is 13.9 Å². The molecule has 0 heterocycles. The number of hydrogen-bond acceptors (Lipinski definition) is 4. The lowest BCUT2D eigenvalue weighted by molar-refractivity contribution is -0.114. The Hall–Kier alpha value is -2.48. The van der Waals surface area contributed by atoms with Gasteiger partial charge in [0.15, 0.2) is 11.5 Å². The van der Waals surface area contributed by atoms with Gasteiger partial charge in [0.1, 0.15) is 11.6 Å². The van der Waals surface area contributed by atoms with Crippen LogP contribution in [0.4, 0.5) is 0 Å². The van der Waals surface area contributed by atoms with Crippen molar-refractivity contribution < 1.29 is 15.0 Å². The predicted molar refractivity (Wildman–Crippen MR) is 52.6 cm³/mol. The molecule has 5 heteroatoms. The Morgan fingerprint density at radius 1 is 1.53 bits per heavy atom. The summed E-state index contributed by atoms with van der Waals surface area (Å²) in [6.07, 6.45) is 1.25. The molecule has 0 aliphatic rings. The molecule has 0 atom stereocenters. The highest BCUT2D eigenvalue weighted by molar-refractivity contribution is 6.00. The van der Waals surface area contributed by atoms with E-state index in [1.54, 1.807) is 6.07 Å². The monoisotopic (exact) mass is 206 g/mol. The van der Waals surface area contributed by atoms with Crippen LogP contribution in [0.25, 0.3) is 6.08 Å². The topological polar surface area (TPSA) is 107 Å². The lowest BCUT2D eigenvalue weighted by Gasteiger charge is -1.98. The van der Waals surface area contributed by atoms with Gasteiger partial charge in [-0.05, 0) is 23.8 Å². The highest BCUT2D eigenvalue weighted by Crippen LogP contribution is 2.25. The van der Waals surface area contributed by atoms with Crippen LogP contribution in [0.2, 0.25) is 0 Å². The summed E-state index contributed by atoms with van der Waals surface area (Å²) in [5.41, 5.74) is 5.18. The Balaban J connectivity index is 3.17. The number of aromatic hydroxyl groups is 2. The number of nitriles is 1. The number of nitrogens with two attached hydrogens (primary N) is 1. The van der Waals surface area contributed by atoms with Crippen molar-refractivity contribution in [1.29, 1.82) is 8.12 Å². The van der Waals surface area contributed by atoms with Crippen LogP contribution in [0, 0.1) is 11.3 Å². The zero-order valence-electron chi connectivity index (χ0n) is 9.56. The average Bonchev–Trinajstić information content (AvgIpc) is 2.35. The van der Waals surface area contributed by atoms with Crippen LogP contribution >= 0.6 is 0 Å². The van der Waals surface area contributed by atoms with Gasteiger partial charge in [0.25, 0.3) is 8.77 Å². The molecule has 0 saturated heterocycles. The molecule has 4 N–H and O–H groups in total. The van der Waals surface area contributed by atoms with E-state index in [-0.39, 0.29) is 17.1 Å². The van der Waals surface area contributed by atoms with Crippen molar-refractivity contribution in [1.82, 2.24) is 0 Å². The van der Waals surface area contributed by atoms with Gasteiger partial charge < -0.3 is 16.0 Å². The van der Waals surface area contributed by atoms with Gasteiger partial charge in [-0.25, -0.2) is 0 Å². The molecule has 0 fully saturated rings. The maximum atomic E-state index is 10.8. The van der Waals surface area contributed by atoms with E-state index in [0.717, 1.165) is 0 Å². The third kappa shape index (κ3) is 2.48. The molecule has 0 spiro atoms. The molecule has 0 aliphatic carbocycles. The van der Waals surface area contributed by atoms with Crippen LogP contribution < -0.4 is 5.73 Å². The first-order valence-corrected chi connectivity index (χ1v) is 3.94. The third-order valence-electron chi connectivity index (χ3n) is 1.66. The molecule has 5 nitrogen and oxygen atoms in total. The van der Waals surface area contributed by atoms with Crippen LogP contribution in [0.5, 0.6) is 11.5 Å². The number of primary amides is 1. The molecule has 0 saturated carbocycles. The molecule has 1 aromatic rings. The van der Waals surface area contributed by atoms with Gasteiger partial charge in [0, 0.05) is 0 Å². The predicted octanol–water partition coefficient (Wildman–Crippen LogP) is 0.490. The Morgan fingerprint density at radius 2 is 2.27 bits per heavy atom. The summed E-state index contributed by atoms with van der Waals surface area (Å²) in [7, 11) is 0. The van der Waals surface area contributed by atoms with Gasteiger partial charge in [-0.15, -0.1) is 0 Å². The second-order valence-corrected chi connectivity index (χ2v) is 2.74. The molecule has 15 heavy (non-hydrogen) atoms. The van der Waals surface area contributed by atoms with Crippen LogP contribution in [0.3, 0.4) is 0 Å². The fourth-order valence-corrected chi connectivity index (χ4v) is 0.940. The number of carbonyl (C=O) groups excluding carboxylic acids is 1. The van der Waals surface area contributed by atoms with Crippen molar-refractivity contribution in [3.05, 3.63) is 29.3 Å². The summed E-state index contributed by atoms with van der Waals surface area (Å²) in [6, 6.07) is 5.86. The van der Waals surface area contributed by atoms with E-state index in [9.17, 15) is 4.79 Å². The van der Waals surface area contributed by atoms with Crippen molar-refractivity contribution in [2.45, 2.75) is 0 Å². The third-order valence-corrected chi connectivity index (χ3v) is 1.66. The van der Waals surface area contributed by atoms with E-state index in [1.807, 2.05) is 0 Å². The molecule has 1 aromatic carbocycles. The van der Waals surface area contributed by atoms with E-state index in [2.05, 4.69) is 10.2 Å². The molecule has 1 amide bonds. The lowest BCUT2D eigenvalue weighted by Crippen LogP contribution is -2.12. The lowest BCUT2D eigenvalue weighted by atomic mass is 10.1. The maximum absolute atomic E-state index is 10.8. The van der Waals surface area contributed by atoms with Crippen molar-refractivity contribution in [2.24, 2.45) is 5.73 Å². The fourth-order valence-electron chi connectivity index (χ4n) is 0.940. The van der Waals surface area contributed by atoms with Crippen LogP contribution in [-0.4, -0.2) is 19.0 Å². The largest absolute Gasteiger partial charge is 0.504 e. The summed E-state index contributed by atoms with van der Waals surface area (Å²) in [6.45, 7) is 0. The molecule has 76 valence electrons. The van der Waals surface area contributed by atoms with Gasteiger partial charge in [-0.1, -0.05) is 6.07 Å². The smallest absolute Gasteiger partial charge is 0.293 e. The molecule has 0 bridgehead atoms. The Kier molecular flexibility index (Phi) is 2.18. The van der Waals surface area contributed by atoms with E-state index in [0.29, 0.717) is 5.56 Å². The summed E-state index contributed by atoms with van der Waals surface area (Å²) >= 11 is 0. The molecule has 0 aromatic heterocycles. The van der Waals surface area contributed by atoms with Gasteiger partial charge >= 0.3 is 0 Å². The summed E-state index contributed by atoms with van der Waals surface area (Å²) < 4.78 is 13.5. The van der Waals surface area contributed by atoms with Crippen molar-refractivity contribution in [3.8, 4) is 17.6 Å². The molecule has 0 aliphatic heterocycles. The van der Waals surface area contributed by atoms with Gasteiger partial charge in [0.05, 0.1) is 0 Å². The first-order valence-electron chi connectivity index (χ1n) is 4.76. The number of carbonyl (C=O) groups is 1. The van der Waals surface area contributed by atoms with E-state index in [1.165, 1.54) is 24.3 Å². The number of amides is 1. The molecular formula is C10H8N2O3. The number of nitrogens with zero attached hydrogens (tertiary/aromatic N) is 1. The minimum Gasteiger partial charge on any atom is -0.504 e. The summed E-state index contributed by atoms with van der Waals surface area (Å²) in [4.78, 5) is 10.8. The summed E-state index contributed by atoms with van der Waals surface area (Å²) in [5, 5.41) is 17.1. The van der Waals surface area contributed by atoms with Crippen LogP contribution in [-0.2, 0) is 4.79 Å². The van der Waals surface area contributed by atoms with Gasteiger partial charge in [0.2, 0.25) is 0 Å². The Labute approximate surface area is 88.7 Å². The van der Waals surface area contributed by atoms with Gasteiger partial charge in [-0.2, -0.15) is 5.26 Å². The first-order chi connectivity index (χ1) is 8.12. The highest BCUT2D eigenvalue weighted by atomic mass is 16.3. The number of phenolic OH excluding ortho intramolecular Hbond substituents is 2. The van der Waals surface area contributed by atoms with Crippen molar-refractivity contribution in [3.63, 3.8) is 0 Å². The minimum absolute atomic E-state index is 0.00416. The summed E-state index contributed by atoms with van der Waals surface area (Å²) in [5.74, 6) is -0.799. The Bertz CT molecular complexity index is 509. The zero-order valence-corrected chi connectivity index (χ0v) is 7.56. The van der Waals surface area contributed by atoms with Crippen LogP contribution in [0.15, 0.2) is 23.8 Å². The van der Waals surface area contributed by atoms with Crippen molar-refractivity contribution in [2.75, 3.05) is 0 Å². The minimum atomic E-state index is -0.846. The standard InChI is InChI=1S/C10H8N2O3/c11-5-7(10(12)15)3-6-1-2-8(13)9(14)4-6/h1-4,13-14H,(H2,12,15)/i/hD2. The molecular weight excluding hydrogens is 196 g/mol. The normalized spacial score (nSPS) is 12.1. The number of rotatable bonds is 4. The Morgan fingerprint density at radius 3 is 2.80 bits per heavy atom. The maximum Gasteiger partial charge on any atom is 0.293 e. The van der Waals surface area contributed by atoms with Crippen LogP contribution in [0.1, 0.15) is 5.56 Å². The highest BCUT2D eigenvalue weighted by Gasteiger charge is 2.04. The van der Waals surface area contributed by atoms with E-state index >= 15 is 0 Å². The second kappa shape index (κ2) is 4.15. The average molecular weight is 206 g/mol.